The van der Waals surface area contributed by atoms with Gasteiger partial charge in [-0.3, -0.25) is 14.9 Å². The number of hydrogen-bond acceptors (Lipinski definition) is 5. The van der Waals surface area contributed by atoms with Gasteiger partial charge in [0.15, 0.2) is 0 Å². The molecule has 8 nitrogen and oxygen atoms in total. The number of alkyl halides is 3. The van der Waals surface area contributed by atoms with E-state index in [1.165, 1.54) is 24.0 Å². The van der Waals surface area contributed by atoms with Gasteiger partial charge in [0.1, 0.15) is 4.90 Å². The number of nitro benzene ring substituents is 1. The highest BCUT2D eigenvalue weighted by molar-refractivity contribution is 7.89. The summed E-state index contributed by atoms with van der Waals surface area (Å²) < 4.78 is 65.7. The average molecular weight is 492 g/mol. The standard InChI is InChI=1S/C19H17ClF3N3O5S/c1-12-2-3-13(10-16(12)26(28)29)18(27)24-6-8-25(9-7-24)32(30,31)17-11-14(19(21,22)23)4-5-15(17)20/h2-5,10-11H,6-9H2,1H3. The molecule has 2 aromatic carbocycles. The molecule has 1 amide bonds. The first-order chi connectivity index (χ1) is 14.8. The minimum Gasteiger partial charge on any atom is -0.336 e. The fraction of sp³-hybridized carbons (Fsp3) is 0.316. The number of nitro groups is 1. The molecule has 2 aromatic rings. The van der Waals surface area contributed by atoms with Gasteiger partial charge in [0.05, 0.1) is 15.5 Å². The number of nitrogens with zero attached hydrogens (tertiary/aromatic N) is 3. The highest BCUT2D eigenvalue weighted by Gasteiger charge is 2.36. The van der Waals surface area contributed by atoms with Gasteiger partial charge in [-0.05, 0) is 31.2 Å². The second kappa shape index (κ2) is 8.68. The van der Waals surface area contributed by atoms with Crippen molar-refractivity contribution in [2.45, 2.75) is 18.0 Å². The van der Waals surface area contributed by atoms with Crippen molar-refractivity contribution in [1.29, 1.82) is 0 Å². The molecule has 1 heterocycles. The number of carbonyl (C=O) groups is 1. The summed E-state index contributed by atoms with van der Waals surface area (Å²) in [6, 6.07) is 6.10. The molecule has 0 atom stereocenters. The molecular formula is C19H17ClF3N3O5S. The Morgan fingerprint density at radius 2 is 1.72 bits per heavy atom. The summed E-state index contributed by atoms with van der Waals surface area (Å²) in [6.07, 6.45) is -4.74. The number of hydrogen-bond donors (Lipinski definition) is 0. The molecule has 1 aliphatic rings. The van der Waals surface area contributed by atoms with E-state index in [1.54, 1.807) is 0 Å². The zero-order chi connectivity index (χ0) is 23.8. The van der Waals surface area contributed by atoms with Crippen molar-refractivity contribution in [2.75, 3.05) is 26.2 Å². The van der Waals surface area contributed by atoms with Gasteiger partial charge in [0.2, 0.25) is 10.0 Å². The van der Waals surface area contributed by atoms with E-state index in [4.69, 9.17) is 11.6 Å². The molecule has 1 saturated heterocycles. The maximum absolute atomic E-state index is 13.0. The molecule has 1 aliphatic heterocycles. The first-order valence-electron chi connectivity index (χ1n) is 9.23. The number of amides is 1. The van der Waals surface area contributed by atoms with Gasteiger partial charge in [0.25, 0.3) is 11.6 Å². The van der Waals surface area contributed by atoms with Crippen LogP contribution in [0.5, 0.6) is 0 Å². The third-order valence-corrected chi connectivity index (χ3v) is 7.44. The van der Waals surface area contributed by atoms with Crippen LogP contribution in [0.2, 0.25) is 5.02 Å². The van der Waals surface area contributed by atoms with Crippen molar-refractivity contribution in [3.63, 3.8) is 0 Å². The number of halogens is 4. The quantitative estimate of drug-likeness (QED) is 0.479. The van der Waals surface area contributed by atoms with Crippen LogP contribution in [0.25, 0.3) is 0 Å². The zero-order valence-electron chi connectivity index (χ0n) is 16.6. The monoisotopic (exact) mass is 491 g/mol. The predicted octanol–water partition coefficient (Wildman–Crippen LogP) is 3.72. The Morgan fingerprint density at radius 1 is 1.09 bits per heavy atom. The van der Waals surface area contributed by atoms with Crippen molar-refractivity contribution < 1.29 is 31.3 Å². The number of aryl methyl sites for hydroxylation is 1. The topological polar surface area (TPSA) is 101 Å². The Morgan fingerprint density at radius 3 is 2.28 bits per heavy atom. The molecule has 0 radical (unpaired) electrons. The maximum atomic E-state index is 13.0. The van der Waals surface area contributed by atoms with Gasteiger partial charge in [-0.25, -0.2) is 8.42 Å². The van der Waals surface area contributed by atoms with Gasteiger partial charge in [0, 0.05) is 43.4 Å². The summed E-state index contributed by atoms with van der Waals surface area (Å²) in [5, 5.41) is 10.8. The molecule has 32 heavy (non-hydrogen) atoms. The number of rotatable bonds is 4. The molecule has 1 fully saturated rings. The normalized spacial score (nSPS) is 15.6. The van der Waals surface area contributed by atoms with Crippen LogP contribution in [0.4, 0.5) is 18.9 Å². The smallest absolute Gasteiger partial charge is 0.336 e. The van der Waals surface area contributed by atoms with Crippen LogP contribution < -0.4 is 0 Å². The lowest BCUT2D eigenvalue weighted by Crippen LogP contribution is -2.50. The van der Waals surface area contributed by atoms with Crippen molar-refractivity contribution in [3.8, 4) is 0 Å². The second-order valence-corrected chi connectivity index (χ2v) is 9.41. The van der Waals surface area contributed by atoms with Crippen LogP contribution in [0, 0.1) is 17.0 Å². The van der Waals surface area contributed by atoms with E-state index >= 15 is 0 Å². The fourth-order valence-electron chi connectivity index (χ4n) is 3.27. The van der Waals surface area contributed by atoms with Gasteiger partial charge < -0.3 is 4.90 Å². The molecule has 0 N–H and O–H groups in total. The van der Waals surface area contributed by atoms with Crippen molar-refractivity contribution in [3.05, 3.63) is 68.2 Å². The molecular weight excluding hydrogens is 475 g/mol. The Labute approximate surface area is 186 Å². The van der Waals surface area contributed by atoms with E-state index in [-0.39, 0.29) is 42.5 Å². The van der Waals surface area contributed by atoms with Crippen molar-refractivity contribution >= 4 is 33.2 Å². The molecule has 0 aromatic heterocycles. The highest BCUT2D eigenvalue weighted by Crippen LogP contribution is 2.34. The third kappa shape index (κ3) is 4.71. The number of benzene rings is 2. The minimum absolute atomic E-state index is 0.0453. The molecule has 0 unspecified atom stereocenters. The van der Waals surface area contributed by atoms with Crippen LogP contribution in [0.3, 0.4) is 0 Å². The van der Waals surface area contributed by atoms with Gasteiger partial charge in [-0.2, -0.15) is 17.5 Å². The maximum Gasteiger partial charge on any atom is 0.416 e. The number of carbonyl (C=O) groups excluding carboxylic acids is 1. The van der Waals surface area contributed by atoms with Crippen LogP contribution in [0.15, 0.2) is 41.3 Å². The van der Waals surface area contributed by atoms with E-state index in [1.807, 2.05) is 0 Å². The lowest BCUT2D eigenvalue weighted by atomic mass is 10.1. The SMILES string of the molecule is Cc1ccc(C(=O)N2CCN(S(=O)(=O)c3cc(C(F)(F)F)ccc3Cl)CC2)cc1[N+](=O)[O-]. The summed E-state index contributed by atoms with van der Waals surface area (Å²) in [5.74, 6) is -0.512. The Hall–Kier alpha value is -2.70. The van der Waals surface area contributed by atoms with Crippen LogP contribution >= 0.6 is 11.6 Å². The third-order valence-electron chi connectivity index (χ3n) is 5.05. The molecule has 172 valence electrons. The molecule has 13 heteroatoms. The van der Waals surface area contributed by atoms with Crippen LogP contribution in [0.1, 0.15) is 21.5 Å². The first-order valence-corrected chi connectivity index (χ1v) is 11.1. The molecule has 3 rings (SSSR count). The molecule has 0 spiro atoms. The largest absolute Gasteiger partial charge is 0.416 e. The van der Waals surface area contributed by atoms with Crippen LogP contribution in [-0.4, -0.2) is 54.6 Å². The summed E-state index contributed by atoms with van der Waals surface area (Å²) in [5.41, 5.74) is -0.883. The summed E-state index contributed by atoms with van der Waals surface area (Å²) in [4.78, 5) is 23.9. The molecule has 0 saturated carbocycles. The van der Waals surface area contributed by atoms with E-state index < -0.39 is 37.5 Å². The summed E-state index contributed by atoms with van der Waals surface area (Å²) in [7, 11) is -4.34. The molecule has 0 aliphatic carbocycles. The van der Waals surface area contributed by atoms with Crippen molar-refractivity contribution in [2.24, 2.45) is 0 Å². The van der Waals surface area contributed by atoms with Crippen LogP contribution in [-0.2, 0) is 16.2 Å². The minimum atomic E-state index is -4.74. The Bertz CT molecular complexity index is 1180. The lowest BCUT2D eigenvalue weighted by molar-refractivity contribution is -0.385. The van der Waals surface area contributed by atoms with Crippen molar-refractivity contribution in [1.82, 2.24) is 9.21 Å². The van der Waals surface area contributed by atoms with E-state index in [2.05, 4.69) is 0 Å². The van der Waals surface area contributed by atoms with Gasteiger partial charge in [-0.15, -0.1) is 0 Å². The number of sulfonamides is 1. The summed E-state index contributed by atoms with van der Waals surface area (Å²) >= 11 is 5.87. The first kappa shape index (κ1) is 24.0. The highest BCUT2D eigenvalue weighted by atomic mass is 35.5. The zero-order valence-corrected chi connectivity index (χ0v) is 18.2. The van der Waals surface area contributed by atoms with Gasteiger partial charge >= 0.3 is 6.18 Å². The second-order valence-electron chi connectivity index (χ2n) is 7.10. The van der Waals surface area contributed by atoms with E-state index in [0.717, 1.165) is 16.4 Å². The molecule has 0 bridgehead atoms. The van der Waals surface area contributed by atoms with Gasteiger partial charge in [-0.1, -0.05) is 17.7 Å². The lowest BCUT2D eigenvalue weighted by Gasteiger charge is -2.34. The summed E-state index contributed by atoms with van der Waals surface area (Å²) in [6.45, 7) is 1.10. The van der Waals surface area contributed by atoms with E-state index in [0.29, 0.717) is 17.7 Å². The fourth-order valence-corrected chi connectivity index (χ4v) is 5.19. The Kier molecular flexibility index (Phi) is 6.50. The predicted molar refractivity (Wildman–Crippen MR) is 109 cm³/mol. The van der Waals surface area contributed by atoms with E-state index in [9.17, 15) is 36.5 Å². The number of piperazine rings is 1. The average Bonchev–Trinajstić information content (AvgIpc) is 2.72. The Balaban J connectivity index is 1.78.